The lowest BCUT2D eigenvalue weighted by atomic mass is 10.3. The number of aliphatic hydroxyl groups is 1. The molecule has 0 aromatic heterocycles. The molecule has 0 amide bonds. The fourth-order valence-electron chi connectivity index (χ4n) is 1.82. The number of hydrogen-bond donors (Lipinski definition) is 3. The molecule has 1 fully saturated rings. The average Bonchev–Trinajstić information content (AvgIpc) is 3.20. The Morgan fingerprint density at radius 1 is 1.33 bits per heavy atom. The van der Waals surface area contributed by atoms with Gasteiger partial charge in [-0.15, -0.1) is 0 Å². The number of aliphatic hydroxyl groups excluding tert-OH is 1. The summed E-state index contributed by atoms with van der Waals surface area (Å²) in [6, 6.07) is 6.28. The zero-order chi connectivity index (χ0) is 13.2. The van der Waals surface area contributed by atoms with E-state index in [1.54, 1.807) is 12.1 Å². The van der Waals surface area contributed by atoms with Crippen LogP contribution in [-0.2, 0) is 10.0 Å². The van der Waals surface area contributed by atoms with Crippen molar-refractivity contribution in [3.63, 3.8) is 0 Å². The van der Waals surface area contributed by atoms with Gasteiger partial charge in [-0.2, -0.15) is 4.31 Å². The minimum Gasteiger partial charge on any atom is -0.395 e. The first-order valence-electron chi connectivity index (χ1n) is 5.79. The Hall–Kier alpha value is -1.15. The number of nitrogens with one attached hydrogen (secondary N) is 1. The summed E-state index contributed by atoms with van der Waals surface area (Å²) in [5.74, 6) is 5.23. The second kappa shape index (κ2) is 5.23. The van der Waals surface area contributed by atoms with E-state index in [9.17, 15) is 8.42 Å². The second-order valence-electron chi connectivity index (χ2n) is 4.24. The maximum absolute atomic E-state index is 12.4. The molecular weight excluding hydrogens is 254 g/mol. The Kier molecular flexibility index (Phi) is 3.86. The fraction of sp³-hybridized carbons (Fsp3) is 0.455. The topological polar surface area (TPSA) is 95.7 Å². The highest BCUT2D eigenvalue weighted by Crippen LogP contribution is 2.31. The first-order chi connectivity index (χ1) is 8.59. The zero-order valence-electron chi connectivity index (χ0n) is 9.91. The van der Waals surface area contributed by atoms with Gasteiger partial charge < -0.3 is 10.5 Å². The third-order valence-electron chi connectivity index (χ3n) is 2.90. The van der Waals surface area contributed by atoms with Crippen LogP contribution in [0, 0.1) is 0 Å². The molecule has 0 aliphatic heterocycles. The predicted octanol–water partition coefficient (Wildman–Crippen LogP) is 0.118. The van der Waals surface area contributed by atoms with E-state index in [0.29, 0.717) is 5.69 Å². The van der Waals surface area contributed by atoms with Gasteiger partial charge in [-0.1, -0.05) is 0 Å². The molecule has 18 heavy (non-hydrogen) atoms. The summed E-state index contributed by atoms with van der Waals surface area (Å²) in [4.78, 5) is 0.224. The van der Waals surface area contributed by atoms with Crippen molar-refractivity contribution in [2.45, 2.75) is 23.8 Å². The van der Waals surface area contributed by atoms with Crippen LogP contribution >= 0.6 is 0 Å². The Labute approximate surface area is 106 Å². The Morgan fingerprint density at radius 2 is 1.94 bits per heavy atom. The van der Waals surface area contributed by atoms with Gasteiger partial charge >= 0.3 is 0 Å². The standard InChI is InChI=1S/C11H17N3O3S/c12-13-9-1-5-11(6-2-9)18(16,17)14(7-8-15)10-3-4-10/h1-2,5-6,10,13,15H,3-4,7-8,12H2. The predicted molar refractivity (Wildman–Crippen MR) is 68.3 cm³/mol. The molecule has 1 aliphatic rings. The van der Waals surface area contributed by atoms with Crippen molar-refractivity contribution in [1.82, 2.24) is 4.31 Å². The van der Waals surface area contributed by atoms with E-state index in [-0.39, 0.29) is 24.1 Å². The van der Waals surface area contributed by atoms with Crippen molar-refractivity contribution in [3.05, 3.63) is 24.3 Å². The molecule has 2 rings (SSSR count). The van der Waals surface area contributed by atoms with Crippen LogP contribution < -0.4 is 11.3 Å². The SMILES string of the molecule is NNc1ccc(S(=O)(=O)N(CCO)C2CC2)cc1. The number of sulfonamides is 1. The van der Waals surface area contributed by atoms with Crippen LogP contribution in [0.3, 0.4) is 0 Å². The van der Waals surface area contributed by atoms with Crippen molar-refractivity contribution in [2.75, 3.05) is 18.6 Å². The van der Waals surface area contributed by atoms with Gasteiger partial charge in [0.1, 0.15) is 0 Å². The molecule has 0 spiro atoms. The molecule has 100 valence electrons. The molecule has 1 aromatic carbocycles. The van der Waals surface area contributed by atoms with E-state index >= 15 is 0 Å². The van der Waals surface area contributed by atoms with Crippen LogP contribution in [0.4, 0.5) is 5.69 Å². The van der Waals surface area contributed by atoms with Crippen LogP contribution in [0.5, 0.6) is 0 Å². The number of nitrogens with two attached hydrogens (primary N) is 1. The quantitative estimate of drug-likeness (QED) is 0.504. The molecule has 4 N–H and O–H groups in total. The van der Waals surface area contributed by atoms with Crippen molar-refractivity contribution in [1.29, 1.82) is 0 Å². The number of anilines is 1. The maximum atomic E-state index is 12.4. The van der Waals surface area contributed by atoms with E-state index in [4.69, 9.17) is 10.9 Å². The number of benzene rings is 1. The largest absolute Gasteiger partial charge is 0.395 e. The smallest absolute Gasteiger partial charge is 0.243 e. The van der Waals surface area contributed by atoms with Gasteiger partial charge in [-0.3, -0.25) is 5.84 Å². The van der Waals surface area contributed by atoms with Gasteiger partial charge in [-0.05, 0) is 37.1 Å². The number of nitrogens with zero attached hydrogens (tertiary/aromatic N) is 1. The van der Waals surface area contributed by atoms with E-state index < -0.39 is 10.0 Å². The van der Waals surface area contributed by atoms with Crippen molar-refractivity contribution < 1.29 is 13.5 Å². The summed E-state index contributed by atoms with van der Waals surface area (Å²) in [7, 11) is -3.52. The number of hydrogen-bond acceptors (Lipinski definition) is 5. The summed E-state index contributed by atoms with van der Waals surface area (Å²) in [6.07, 6.45) is 1.73. The Balaban J connectivity index is 2.27. The van der Waals surface area contributed by atoms with Gasteiger partial charge in [0.05, 0.1) is 11.5 Å². The van der Waals surface area contributed by atoms with Crippen molar-refractivity contribution in [3.8, 4) is 0 Å². The minimum atomic E-state index is -3.52. The molecule has 0 atom stereocenters. The molecular formula is C11H17N3O3S. The van der Waals surface area contributed by atoms with E-state index in [1.165, 1.54) is 16.4 Å². The molecule has 1 aromatic rings. The number of nitrogen functional groups attached to an aromatic ring is 1. The highest BCUT2D eigenvalue weighted by Gasteiger charge is 2.37. The average molecular weight is 271 g/mol. The lowest BCUT2D eigenvalue weighted by Crippen LogP contribution is -2.35. The first-order valence-corrected chi connectivity index (χ1v) is 7.23. The minimum absolute atomic E-state index is 0.0365. The van der Waals surface area contributed by atoms with Crippen LogP contribution in [0.2, 0.25) is 0 Å². The van der Waals surface area contributed by atoms with Crippen LogP contribution in [0.15, 0.2) is 29.2 Å². The Morgan fingerprint density at radius 3 is 2.39 bits per heavy atom. The molecule has 0 bridgehead atoms. The van der Waals surface area contributed by atoms with Gasteiger partial charge in [0.25, 0.3) is 0 Å². The van der Waals surface area contributed by atoms with Crippen molar-refractivity contribution in [2.24, 2.45) is 5.84 Å². The van der Waals surface area contributed by atoms with Crippen molar-refractivity contribution >= 4 is 15.7 Å². The highest BCUT2D eigenvalue weighted by atomic mass is 32.2. The third-order valence-corrected chi connectivity index (χ3v) is 4.87. The van der Waals surface area contributed by atoms with Gasteiger partial charge in [0, 0.05) is 18.3 Å². The van der Waals surface area contributed by atoms with E-state index in [0.717, 1.165) is 12.8 Å². The van der Waals surface area contributed by atoms with Crippen LogP contribution in [-0.4, -0.2) is 37.0 Å². The van der Waals surface area contributed by atoms with Crippen LogP contribution in [0.1, 0.15) is 12.8 Å². The van der Waals surface area contributed by atoms with Gasteiger partial charge in [-0.25, -0.2) is 8.42 Å². The zero-order valence-corrected chi connectivity index (χ0v) is 10.7. The number of rotatable bonds is 6. The summed E-state index contributed by atoms with van der Waals surface area (Å²) >= 11 is 0. The number of hydrazine groups is 1. The normalized spacial score (nSPS) is 15.9. The lowest BCUT2D eigenvalue weighted by molar-refractivity contribution is 0.250. The summed E-state index contributed by atoms with van der Waals surface area (Å²) in [5, 5.41) is 8.97. The monoisotopic (exact) mass is 271 g/mol. The molecule has 7 heteroatoms. The molecule has 6 nitrogen and oxygen atoms in total. The second-order valence-corrected chi connectivity index (χ2v) is 6.13. The first kappa shape index (κ1) is 13.3. The highest BCUT2D eigenvalue weighted by molar-refractivity contribution is 7.89. The summed E-state index contributed by atoms with van der Waals surface area (Å²) < 4.78 is 26.1. The molecule has 0 heterocycles. The maximum Gasteiger partial charge on any atom is 0.243 e. The van der Waals surface area contributed by atoms with Gasteiger partial charge in [0.2, 0.25) is 10.0 Å². The molecule has 0 radical (unpaired) electrons. The molecule has 0 unspecified atom stereocenters. The van der Waals surface area contributed by atoms with Gasteiger partial charge in [0.15, 0.2) is 0 Å². The molecule has 1 saturated carbocycles. The van der Waals surface area contributed by atoms with E-state index in [2.05, 4.69) is 5.43 Å². The Bertz CT molecular complexity index is 497. The third kappa shape index (κ3) is 2.64. The summed E-state index contributed by atoms with van der Waals surface area (Å²) in [6.45, 7) is -0.0257. The summed E-state index contributed by atoms with van der Waals surface area (Å²) in [5.41, 5.74) is 3.09. The van der Waals surface area contributed by atoms with Crippen LogP contribution in [0.25, 0.3) is 0 Å². The molecule has 0 saturated heterocycles. The lowest BCUT2D eigenvalue weighted by Gasteiger charge is -2.20. The fourth-order valence-corrected chi connectivity index (χ4v) is 3.49. The van der Waals surface area contributed by atoms with E-state index in [1.807, 2.05) is 0 Å². The molecule has 1 aliphatic carbocycles.